The maximum atomic E-state index is 5.19. The molecule has 1 N–H and O–H groups in total. The molecule has 1 aromatic rings. The molecule has 0 saturated heterocycles. The first-order chi connectivity index (χ1) is 6.57. The highest BCUT2D eigenvalue weighted by atomic mass is 32.1. The maximum absolute atomic E-state index is 5.19. The number of nitrogens with one attached hydrogen (secondary N) is 1. The fourth-order valence-corrected chi connectivity index (χ4v) is 1.65. The Kier molecular flexibility index (Phi) is 3.86. The quantitative estimate of drug-likeness (QED) is 0.780. The second-order valence-electron chi connectivity index (χ2n) is 4.07. The van der Waals surface area contributed by atoms with Crippen LogP contribution < -0.4 is 0 Å². The molecule has 0 radical (unpaired) electrons. The van der Waals surface area contributed by atoms with Crippen LogP contribution in [0.2, 0.25) is 0 Å². The SMILES string of the molecule is CCCn1c(C(C)C(C)C)n[nH]c1=S. The molecule has 0 fully saturated rings. The topological polar surface area (TPSA) is 33.6 Å². The molecule has 0 aliphatic carbocycles. The zero-order valence-electron chi connectivity index (χ0n) is 9.37. The molecule has 1 aromatic heterocycles. The average Bonchev–Trinajstić information content (AvgIpc) is 2.48. The Balaban J connectivity index is 3.02. The first-order valence-corrected chi connectivity index (χ1v) is 5.63. The van der Waals surface area contributed by atoms with Gasteiger partial charge in [0.25, 0.3) is 0 Å². The van der Waals surface area contributed by atoms with Crippen molar-refractivity contribution in [2.75, 3.05) is 0 Å². The lowest BCUT2D eigenvalue weighted by Gasteiger charge is -2.15. The fraction of sp³-hybridized carbons (Fsp3) is 0.800. The lowest BCUT2D eigenvalue weighted by Crippen LogP contribution is -2.11. The van der Waals surface area contributed by atoms with Crippen LogP contribution in [0.4, 0.5) is 0 Å². The van der Waals surface area contributed by atoms with Gasteiger partial charge in [-0.25, -0.2) is 0 Å². The lowest BCUT2D eigenvalue weighted by atomic mass is 9.97. The highest BCUT2D eigenvalue weighted by Crippen LogP contribution is 2.21. The molecule has 1 atom stereocenters. The van der Waals surface area contributed by atoms with Crippen molar-refractivity contribution in [2.45, 2.75) is 46.6 Å². The van der Waals surface area contributed by atoms with Gasteiger partial charge in [-0.2, -0.15) is 5.10 Å². The van der Waals surface area contributed by atoms with Crippen LogP contribution >= 0.6 is 12.2 Å². The van der Waals surface area contributed by atoms with Gasteiger partial charge < -0.3 is 4.57 Å². The fourth-order valence-electron chi connectivity index (χ4n) is 1.42. The van der Waals surface area contributed by atoms with E-state index in [9.17, 15) is 0 Å². The molecule has 1 unspecified atom stereocenters. The summed E-state index contributed by atoms with van der Waals surface area (Å²) in [5.41, 5.74) is 0. The van der Waals surface area contributed by atoms with Gasteiger partial charge in [0, 0.05) is 12.5 Å². The first kappa shape index (κ1) is 11.4. The van der Waals surface area contributed by atoms with Crippen molar-refractivity contribution < 1.29 is 0 Å². The van der Waals surface area contributed by atoms with Crippen LogP contribution in [0.25, 0.3) is 0 Å². The molecule has 0 bridgehead atoms. The zero-order chi connectivity index (χ0) is 10.7. The second-order valence-corrected chi connectivity index (χ2v) is 4.46. The van der Waals surface area contributed by atoms with Crippen molar-refractivity contribution in [3.63, 3.8) is 0 Å². The predicted octanol–water partition coefficient (Wildman–Crippen LogP) is 3.11. The van der Waals surface area contributed by atoms with Crippen molar-refractivity contribution in [2.24, 2.45) is 5.92 Å². The summed E-state index contributed by atoms with van der Waals surface area (Å²) < 4.78 is 2.86. The van der Waals surface area contributed by atoms with E-state index in [1.165, 1.54) is 0 Å². The minimum absolute atomic E-state index is 0.453. The van der Waals surface area contributed by atoms with Crippen molar-refractivity contribution in [1.29, 1.82) is 0 Å². The third-order valence-corrected chi connectivity index (χ3v) is 2.95. The molecule has 3 nitrogen and oxygen atoms in total. The van der Waals surface area contributed by atoms with Crippen LogP contribution in [0.15, 0.2) is 0 Å². The minimum Gasteiger partial charge on any atom is -0.304 e. The molecule has 1 heterocycles. The van der Waals surface area contributed by atoms with E-state index in [1.807, 2.05) is 0 Å². The third-order valence-electron chi connectivity index (χ3n) is 2.64. The summed E-state index contributed by atoms with van der Waals surface area (Å²) in [6.45, 7) is 9.72. The van der Waals surface area contributed by atoms with Gasteiger partial charge in [-0.3, -0.25) is 5.10 Å². The molecule has 0 saturated carbocycles. The minimum atomic E-state index is 0.453. The van der Waals surface area contributed by atoms with E-state index < -0.39 is 0 Å². The summed E-state index contributed by atoms with van der Waals surface area (Å²) in [5.74, 6) is 2.14. The molecule has 14 heavy (non-hydrogen) atoms. The Labute approximate surface area is 90.5 Å². The van der Waals surface area contributed by atoms with Gasteiger partial charge >= 0.3 is 0 Å². The molecule has 0 aliphatic rings. The number of aromatic amines is 1. The Morgan fingerprint density at radius 1 is 1.43 bits per heavy atom. The molecule has 4 heteroatoms. The van der Waals surface area contributed by atoms with Gasteiger partial charge in [0.15, 0.2) is 4.77 Å². The Bertz CT molecular complexity index is 337. The van der Waals surface area contributed by atoms with Crippen LogP contribution in [0, 0.1) is 10.7 Å². The normalized spacial score (nSPS) is 13.5. The first-order valence-electron chi connectivity index (χ1n) is 5.23. The number of aromatic nitrogens is 3. The Morgan fingerprint density at radius 2 is 2.07 bits per heavy atom. The second kappa shape index (κ2) is 4.73. The summed E-state index contributed by atoms with van der Waals surface area (Å²) >= 11 is 5.19. The molecule has 0 spiro atoms. The van der Waals surface area contributed by atoms with E-state index in [1.54, 1.807) is 0 Å². The summed E-state index contributed by atoms with van der Waals surface area (Å²) in [6.07, 6.45) is 1.09. The van der Waals surface area contributed by atoms with Crippen LogP contribution in [-0.4, -0.2) is 14.8 Å². The predicted molar refractivity (Wildman–Crippen MR) is 61.0 cm³/mol. The summed E-state index contributed by atoms with van der Waals surface area (Å²) in [4.78, 5) is 0. The Morgan fingerprint density at radius 3 is 2.57 bits per heavy atom. The van der Waals surface area contributed by atoms with Crippen molar-refractivity contribution in [3.05, 3.63) is 10.6 Å². The number of hydrogen-bond acceptors (Lipinski definition) is 2. The number of nitrogens with zero attached hydrogens (tertiary/aromatic N) is 2. The number of hydrogen-bond donors (Lipinski definition) is 1. The molecule has 0 aliphatic heterocycles. The lowest BCUT2D eigenvalue weighted by molar-refractivity contribution is 0.479. The zero-order valence-corrected chi connectivity index (χ0v) is 10.2. The summed E-state index contributed by atoms with van der Waals surface area (Å²) in [7, 11) is 0. The smallest absolute Gasteiger partial charge is 0.195 e. The third kappa shape index (κ3) is 2.23. The molecular weight excluding hydrogens is 194 g/mol. The molecule has 0 amide bonds. The van der Waals surface area contributed by atoms with Gasteiger partial charge in [-0.1, -0.05) is 27.7 Å². The number of H-pyrrole nitrogens is 1. The highest BCUT2D eigenvalue weighted by molar-refractivity contribution is 7.71. The van der Waals surface area contributed by atoms with Crippen LogP contribution in [0.1, 0.15) is 45.9 Å². The van der Waals surface area contributed by atoms with Crippen LogP contribution in [0.3, 0.4) is 0 Å². The summed E-state index contributed by atoms with van der Waals surface area (Å²) in [5, 5.41) is 7.17. The van der Waals surface area contributed by atoms with Gasteiger partial charge in [-0.15, -0.1) is 0 Å². The maximum Gasteiger partial charge on any atom is 0.195 e. The van der Waals surface area contributed by atoms with Crippen LogP contribution in [-0.2, 0) is 6.54 Å². The number of rotatable bonds is 4. The largest absolute Gasteiger partial charge is 0.304 e. The van der Waals surface area contributed by atoms with Crippen molar-refractivity contribution in [3.8, 4) is 0 Å². The van der Waals surface area contributed by atoms with E-state index >= 15 is 0 Å². The highest BCUT2D eigenvalue weighted by Gasteiger charge is 2.16. The molecule has 0 aromatic carbocycles. The van der Waals surface area contributed by atoms with Crippen molar-refractivity contribution in [1.82, 2.24) is 14.8 Å². The van der Waals surface area contributed by atoms with Crippen LogP contribution in [0.5, 0.6) is 0 Å². The van der Waals surface area contributed by atoms with E-state index in [-0.39, 0.29) is 0 Å². The monoisotopic (exact) mass is 213 g/mol. The van der Waals surface area contributed by atoms with Gasteiger partial charge in [-0.05, 0) is 24.6 Å². The molecular formula is C10H19N3S. The van der Waals surface area contributed by atoms with E-state index in [4.69, 9.17) is 12.2 Å². The van der Waals surface area contributed by atoms with Gasteiger partial charge in [0.2, 0.25) is 0 Å². The summed E-state index contributed by atoms with van der Waals surface area (Å²) in [6, 6.07) is 0. The van der Waals surface area contributed by atoms with Gasteiger partial charge in [0.1, 0.15) is 5.82 Å². The van der Waals surface area contributed by atoms with Gasteiger partial charge in [0.05, 0.1) is 0 Å². The standard InChI is InChI=1S/C10H19N3S/c1-5-6-13-9(8(4)7(2)3)11-12-10(13)14/h7-8H,5-6H2,1-4H3,(H,12,14). The van der Waals surface area contributed by atoms with Crippen molar-refractivity contribution >= 4 is 12.2 Å². The molecule has 80 valence electrons. The van der Waals surface area contributed by atoms with E-state index in [0.717, 1.165) is 23.6 Å². The molecule has 1 rings (SSSR count). The Hall–Kier alpha value is -0.640. The van der Waals surface area contributed by atoms with E-state index in [2.05, 4.69) is 42.5 Å². The average molecular weight is 213 g/mol. The van der Waals surface area contributed by atoms with E-state index in [0.29, 0.717) is 11.8 Å².